The molecule has 0 nitrogen and oxygen atoms in total. The summed E-state index contributed by atoms with van der Waals surface area (Å²) in [4.78, 5) is 0. The van der Waals surface area contributed by atoms with Gasteiger partial charge in [0.2, 0.25) is 0 Å². The van der Waals surface area contributed by atoms with Gasteiger partial charge in [0.05, 0.1) is 11.1 Å². The summed E-state index contributed by atoms with van der Waals surface area (Å²) >= 11 is -0.826. The zero-order valence-electron chi connectivity index (χ0n) is 29.7. The fourth-order valence-electron chi connectivity index (χ4n) is 5.83. The SMILES string of the molecule is CCCCc1cc2c(-c3ccc(C(F)(F)F)cc3)cccc2[cH-]1.CCCCc1cc2c(-c3ccc(C(F)(F)F)cc3)cccc2[cH-]1.C[SiH]C.[Cl][Zr+2][Cl]. The number of hydrogen-bond acceptors (Lipinski definition) is 0. The van der Waals surface area contributed by atoms with Crippen molar-refractivity contribution in [2.24, 2.45) is 0 Å². The number of unbranched alkanes of at least 4 members (excludes halogenated alkanes) is 2. The van der Waals surface area contributed by atoms with Crippen molar-refractivity contribution in [3.63, 3.8) is 0 Å². The minimum absolute atomic E-state index is 0.612. The van der Waals surface area contributed by atoms with Gasteiger partial charge < -0.3 is 0 Å². The molecule has 1 radical (unpaired) electrons. The average molecular weight is 852 g/mol. The number of halogens is 8. The van der Waals surface area contributed by atoms with Crippen molar-refractivity contribution in [1.82, 2.24) is 0 Å². The van der Waals surface area contributed by atoms with Crippen molar-refractivity contribution in [3.05, 3.63) is 131 Å². The third-order valence-corrected chi connectivity index (χ3v) is 8.31. The van der Waals surface area contributed by atoms with Gasteiger partial charge in [0.25, 0.3) is 0 Å². The first-order valence-corrected chi connectivity index (χ1v) is 25.9. The summed E-state index contributed by atoms with van der Waals surface area (Å²) in [7, 11) is 10.6. The molecule has 6 aromatic rings. The predicted octanol–water partition coefficient (Wildman–Crippen LogP) is 15.1. The Bertz CT molecular complexity index is 1780. The summed E-state index contributed by atoms with van der Waals surface area (Å²) < 4.78 is 76.2. The Hall–Kier alpha value is -2.64. The molecule has 0 aliphatic rings. The van der Waals surface area contributed by atoms with E-state index in [0.717, 1.165) is 116 Å². The molecular formula is C42H43Cl2F6SiZr. The molecule has 6 rings (SSSR count). The summed E-state index contributed by atoms with van der Waals surface area (Å²) in [5.74, 6) is 0. The summed E-state index contributed by atoms with van der Waals surface area (Å²) in [5.41, 5.74) is 4.96. The number of rotatable bonds is 8. The molecule has 0 aliphatic heterocycles. The van der Waals surface area contributed by atoms with Crippen LogP contribution in [0.4, 0.5) is 26.3 Å². The van der Waals surface area contributed by atoms with Crippen LogP contribution < -0.4 is 0 Å². The van der Waals surface area contributed by atoms with Gasteiger partial charge in [-0.05, 0) is 48.2 Å². The Labute approximate surface area is 324 Å². The van der Waals surface area contributed by atoms with Crippen molar-refractivity contribution < 1.29 is 47.2 Å². The molecule has 0 saturated heterocycles. The maximum atomic E-state index is 12.7. The molecule has 0 amide bonds. The summed E-state index contributed by atoms with van der Waals surface area (Å²) in [6.07, 6.45) is -1.93. The molecule has 0 atom stereocenters. The Morgan fingerprint density at radius 3 is 1.19 bits per heavy atom. The summed E-state index contributed by atoms with van der Waals surface area (Å²) in [5, 5.41) is 4.51. The number of fused-ring (bicyclic) bond motifs is 2. The molecule has 0 aromatic heterocycles. The topological polar surface area (TPSA) is 0 Å². The molecule has 0 fully saturated rings. The molecule has 52 heavy (non-hydrogen) atoms. The molecule has 6 aromatic carbocycles. The molecule has 0 bridgehead atoms. The quantitative estimate of drug-likeness (QED) is 0.0813. The first kappa shape index (κ1) is 43.8. The van der Waals surface area contributed by atoms with E-state index in [0.29, 0.717) is 0 Å². The van der Waals surface area contributed by atoms with E-state index in [1.54, 1.807) is 24.3 Å². The third-order valence-electron chi connectivity index (χ3n) is 8.31. The van der Waals surface area contributed by atoms with Crippen LogP contribution in [0.3, 0.4) is 0 Å². The van der Waals surface area contributed by atoms with Crippen molar-refractivity contribution in [3.8, 4) is 22.3 Å². The molecule has 0 N–H and O–H groups in total. The van der Waals surface area contributed by atoms with Gasteiger partial charge in [0.15, 0.2) is 0 Å². The maximum absolute atomic E-state index is 12.7. The van der Waals surface area contributed by atoms with Crippen molar-refractivity contribution in [1.29, 1.82) is 0 Å². The van der Waals surface area contributed by atoms with Gasteiger partial charge in [-0.3, -0.25) is 0 Å². The van der Waals surface area contributed by atoms with Gasteiger partial charge in [-0.1, -0.05) is 100 Å². The third kappa shape index (κ3) is 12.7. The molecule has 0 heterocycles. The first-order valence-electron chi connectivity index (χ1n) is 17.2. The van der Waals surface area contributed by atoms with E-state index in [1.165, 1.54) is 11.1 Å². The second kappa shape index (κ2) is 21.3. The second-order valence-electron chi connectivity index (χ2n) is 12.4. The van der Waals surface area contributed by atoms with Crippen LogP contribution in [-0.4, -0.2) is 9.52 Å². The zero-order chi connectivity index (χ0) is 38.3. The predicted molar refractivity (Wildman–Crippen MR) is 208 cm³/mol. The molecule has 0 unspecified atom stereocenters. The Kier molecular flexibility index (Phi) is 17.9. The minimum atomic E-state index is -4.29. The number of aryl methyl sites for hydroxylation is 2. The van der Waals surface area contributed by atoms with Crippen LogP contribution in [-0.2, 0) is 46.0 Å². The standard InChI is InChI=1S/2C20H18F3.C2H7Si.2ClH.Zr/c2*1-2-3-5-14-12-16-6-4-7-18(19(16)13-14)15-8-10-17(11-9-15)20(21,22)23;1-3-2;;;/h2*4,6-13H,2-3,5H2,1H3;3H,1-2H3;2*1H;/q2*-1;;;;+4/p-2. The summed E-state index contributed by atoms with van der Waals surface area (Å²) in [6.45, 7) is 8.74. The molecule has 10 heteroatoms. The normalized spacial score (nSPS) is 11.2. The van der Waals surface area contributed by atoms with E-state index in [2.05, 4.69) is 63.3 Å². The fraction of sp³-hybridized carbons (Fsp3) is 0.286. The van der Waals surface area contributed by atoms with Gasteiger partial charge in [-0.2, -0.15) is 38.5 Å². The van der Waals surface area contributed by atoms with E-state index in [1.807, 2.05) is 24.3 Å². The van der Waals surface area contributed by atoms with E-state index >= 15 is 0 Å². The van der Waals surface area contributed by atoms with Gasteiger partial charge in [-0.25, -0.2) is 0 Å². The number of alkyl halides is 6. The fourth-order valence-corrected chi connectivity index (χ4v) is 5.83. The van der Waals surface area contributed by atoms with Crippen LogP contribution in [0.2, 0.25) is 13.1 Å². The molecule has 0 saturated carbocycles. The van der Waals surface area contributed by atoms with Crippen molar-refractivity contribution >= 4 is 48.1 Å². The van der Waals surface area contributed by atoms with Gasteiger partial charge in [0.1, 0.15) is 0 Å². The van der Waals surface area contributed by atoms with Crippen LogP contribution in [0, 0.1) is 0 Å². The number of hydrogen-bond donors (Lipinski definition) is 0. The van der Waals surface area contributed by atoms with Crippen LogP contribution in [0.25, 0.3) is 43.8 Å². The van der Waals surface area contributed by atoms with E-state index in [4.69, 9.17) is 17.0 Å². The first-order chi connectivity index (χ1) is 24.8. The summed E-state index contributed by atoms with van der Waals surface area (Å²) in [6, 6.07) is 31.4. The molecule has 0 spiro atoms. The Balaban J connectivity index is 0.000000244. The van der Waals surface area contributed by atoms with Crippen LogP contribution in [0.1, 0.15) is 61.8 Å². The molecule has 275 valence electrons. The average Bonchev–Trinajstić information content (AvgIpc) is 3.74. The Morgan fingerprint density at radius 1 is 0.577 bits per heavy atom. The Morgan fingerprint density at radius 2 is 0.904 bits per heavy atom. The zero-order valence-corrected chi connectivity index (χ0v) is 34.9. The van der Waals surface area contributed by atoms with Gasteiger partial charge in [-0.15, -0.1) is 69.1 Å². The van der Waals surface area contributed by atoms with Crippen molar-refractivity contribution in [2.75, 3.05) is 0 Å². The van der Waals surface area contributed by atoms with E-state index in [-0.39, 0.29) is 0 Å². The van der Waals surface area contributed by atoms with Gasteiger partial charge >= 0.3 is 50.2 Å². The number of benzene rings is 4. The van der Waals surface area contributed by atoms with E-state index in [9.17, 15) is 26.3 Å². The van der Waals surface area contributed by atoms with Crippen LogP contribution in [0.5, 0.6) is 0 Å². The van der Waals surface area contributed by atoms with E-state index < -0.39 is 44.3 Å². The van der Waals surface area contributed by atoms with Crippen LogP contribution >= 0.6 is 17.0 Å². The van der Waals surface area contributed by atoms with Crippen LogP contribution in [0.15, 0.2) is 109 Å². The molecular weight excluding hydrogens is 809 g/mol. The van der Waals surface area contributed by atoms with Crippen molar-refractivity contribution in [2.45, 2.75) is 77.8 Å². The van der Waals surface area contributed by atoms with Gasteiger partial charge in [0, 0.05) is 9.52 Å². The molecule has 0 aliphatic carbocycles. The monoisotopic (exact) mass is 849 g/mol. The second-order valence-corrected chi connectivity index (χ2v) is 17.2.